The molecule has 5 heterocycles. The van der Waals surface area contributed by atoms with Crippen molar-refractivity contribution in [3.63, 3.8) is 0 Å². The van der Waals surface area contributed by atoms with Gasteiger partial charge in [-0.25, -0.2) is 0 Å². The van der Waals surface area contributed by atoms with Crippen LogP contribution in [0.1, 0.15) is 23.6 Å². The van der Waals surface area contributed by atoms with Crippen molar-refractivity contribution in [1.82, 2.24) is 19.4 Å². The van der Waals surface area contributed by atoms with Crippen molar-refractivity contribution in [1.29, 1.82) is 0 Å². The summed E-state index contributed by atoms with van der Waals surface area (Å²) in [6.07, 6.45) is 6.47. The maximum atomic E-state index is 12.8. The fourth-order valence-corrected chi connectivity index (χ4v) is 4.69. The van der Waals surface area contributed by atoms with Crippen molar-refractivity contribution >= 4 is 0 Å². The summed E-state index contributed by atoms with van der Waals surface area (Å²) in [6, 6.07) is 11.3. The molecule has 28 heavy (non-hydrogen) atoms. The van der Waals surface area contributed by atoms with E-state index < -0.39 is 0 Å². The summed E-state index contributed by atoms with van der Waals surface area (Å²) in [5.74, 6) is 0.829. The van der Waals surface area contributed by atoms with Crippen LogP contribution in [0.2, 0.25) is 0 Å². The predicted molar refractivity (Wildman–Crippen MR) is 107 cm³/mol. The lowest BCUT2D eigenvalue weighted by molar-refractivity contribution is 0.114. The minimum atomic E-state index is -0.0736. The van der Waals surface area contributed by atoms with E-state index in [9.17, 15) is 9.59 Å². The molecule has 1 N–H and O–H groups in total. The van der Waals surface area contributed by atoms with E-state index in [1.807, 2.05) is 22.8 Å². The largest absolute Gasteiger partial charge is 0.329 e. The molecule has 2 aliphatic rings. The molecule has 6 nitrogen and oxygen atoms in total. The number of pyridine rings is 3. The van der Waals surface area contributed by atoms with Gasteiger partial charge in [0, 0.05) is 74.1 Å². The van der Waals surface area contributed by atoms with Crippen molar-refractivity contribution in [3.05, 3.63) is 87.0 Å². The maximum absolute atomic E-state index is 12.8. The first-order chi connectivity index (χ1) is 13.7. The number of aromatic nitrogens is 3. The number of aromatic amines is 1. The first-order valence-electron chi connectivity index (χ1n) is 9.71. The molecular formula is C22H22N4O2. The summed E-state index contributed by atoms with van der Waals surface area (Å²) in [5.41, 5.74) is 4.18. The van der Waals surface area contributed by atoms with E-state index in [0.29, 0.717) is 11.8 Å². The van der Waals surface area contributed by atoms with Gasteiger partial charge in [-0.15, -0.1) is 0 Å². The van der Waals surface area contributed by atoms with Crippen LogP contribution in [0.3, 0.4) is 0 Å². The fourth-order valence-electron chi connectivity index (χ4n) is 4.69. The maximum Gasteiger partial charge on any atom is 0.251 e. The molecule has 1 fully saturated rings. The van der Waals surface area contributed by atoms with Gasteiger partial charge in [-0.3, -0.25) is 19.5 Å². The van der Waals surface area contributed by atoms with Crippen LogP contribution in [-0.2, 0) is 13.1 Å². The van der Waals surface area contributed by atoms with E-state index in [-0.39, 0.29) is 11.1 Å². The Kier molecular flexibility index (Phi) is 4.20. The zero-order chi connectivity index (χ0) is 19.1. The molecule has 0 saturated carbocycles. The third-order valence-corrected chi connectivity index (χ3v) is 5.88. The second kappa shape index (κ2) is 6.87. The summed E-state index contributed by atoms with van der Waals surface area (Å²) >= 11 is 0. The topological polar surface area (TPSA) is 71.0 Å². The third kappa shape index (κ3) is 3.20. The molecule has 6 heteroatoms. The van der Waals surface area contributed by atoms with E-state index in [2.05, 4.69) is 20.9 Å². The molecule has 0 radical (unpaired) electrons. The van der Waals surface area contributed by atoms with Crippen molar-refractivity contribution in [2.75, 3.05) is 13.1 Å². The van der Waals surface area contributed by atoms with Gasteiger partial charge in [0.1, 0.15) is 0 Å². The predicted octanol–water partition coefficient (Wildman–Crippen LogP) is 2.22. The minimum absolute atomic E-state index is 0.0736. The Hall–Kier alpha value is -2.99. The summed E-state index contributed by atoms with van der Waals surface area (Å²) < 4.78 is 1.97. The lowest BCUT2D eigenvalue weighted by Crippen LogP contribution is -2.46. The number of likely N-dealkylation sites (tertiary alicyclic amines) is 1. The highest BCUT2D eigenvalue weighted by Gasteiger charge is 2.34. The van der Waals surface area contributed by atoms with Crippen LogP contribution in [-0.4, -0.2) is 32.5 Å². The Morgan fingerprint density at radius 3 is 2.79 bits per heavy atom. The first kappa shape index (κ1) is 17.1. The van der Waals surface area contributed by atoms with Crippen LogP contribution in [0.25, 0.3) is 11.1 Å². The monoisotopic (exact) mass is 374 g/mol. The van der Waals surface area contributed by atoms with E-state index >= 15 is 0 Å². The lowest BCUT2D eigenvalue weighted by Gasteiger charge is -2.43. The van der Waals surface area contributed by atoms with E-state index in [0.717, 1.165) is 55.0 Å². The van der Waals surface area contributed by atoms with Crippen molar-refractivity contribution in [2.45, 2.75) is 25.4 Å². The standard InChI is InChI=1S/C22H22N4O2/c27-21-4-3-15(9-24-21)11-25-12-16-6-19(14-25)20-7-18(8-22(28)26(20)13-16)17-2-1-5-23-10-17/h1-5,7-10,16,19H,6,11-14H2,(H,24,27)/t16-,19+/m0/s1. The van der Waals surface area contributed by atoms with Gasteiger partial charge in [0.05, 0.1) is 0 Å². The van der Waals surface area contributed by atoms with Gasteiger partial charge in [-0.1, -0.05) is 12.1 Å². The Bertz CT molecular complexity index is 1100. The number of piperidine rings is 1. The number of fused-ring (bicyclic) bond motifs is 4. The van der Waals surface area contributed by atoms with Gasteiger partial charge >= 0.3 is 0 Å². The Balaban J connectivity index is 1.45. The molecule has 3 aromatic rings. The molecule has 0 spiro atoms. The van der Waals surface area contributed by atoms with E-state index in [1.54, 1.807) is 30.7 Å². The zero-order valence-electron chi connectivity index (χ0n) is 15.5. The highest BCUT2D eigenvalue weighted by atomic mass is 16.1. The highest BCUT2D eigenvalue weighted by molar-refractivity contribution is 5.62. The Morgan fingerprint density at radius 1 is 1.07 bits per heavy atom. The van der Waals surface area contributed by atoms with Crippen molar-refractivity contribution in [3.8, 4) is 11.1 Å². The normalized spacial score (nSPS) is 21.3. The Labute approximate surface area is 162 Å². The third-order valence-electron chi connectivity index (χ3n) is 5.88. The zero-order valence-corrected chi connectivity index (χ0v) is 15.5. The molecule has 5 rings (SSSR count). The van der Waals surface area contributed by atoms with Crippen LogP contribution in [0.4, 0.5) is 0 Å². The van der Waals surface area contributed by atoms with Gasteiger partial charge < -0.3 is 9.55 Å². The van der Waals surface area contributed by atoms with Crippen LogP contribution < -0.4 is 11.1 Å². The van der Waals surface area contributed by atoms with Crippen molar-refractivity contribution in [2.24, 2.45) is 5.92 Å². The average molecular weight is 374 g/mol. The SMILES string of the molecule is O=c1ccc(CN2C[C@@H]3C[C@H](C2)c2cc(-c4cccnc4)cc(=O)n2C3)c[nH]1. The first-order valence-corrected chi connectivity index (χ1v) is 9.71. The molecule has 0 aromatic carbocycles. The number of H-pyrrole nitrogens is 1. The second-order valence-electron chi connectivity index (χ2n) is 7.91. The highest BCUT2D eigenvalue weighted by Crippen LogP contribution is 2.36. The van der Waals surface area contributed by atoms with Gasteiger partial charge in [0.15, 0.2) is 0 Å². The molecule has 1 saturated heterocycles. The molecule has 2 bridgehead atoms. The van der Waals surface area contributed by atoms with E-state index in [4.69, 9.17) is 0 Å². The number of hydrogen-bond acceptors (Lipinski definition) is 4. The molecular weight excluding hydrogens is 352 g/mol. The molecule has 3 aromatic heterocycles. The molecule has 0 aliphatic carbocycles. The average Bonchev–Trinajstić information content (AvgIpc) is 2.71. The van der Waals surface area contributed by atoms with E-state index in [1.165, 1.54) is 0 Å². The summed E-state index contributed by atoms with van der Waals surface area (Å²) in [4.78, 5) is 33.5. The van der Waals surface area contributed by atoms with Gasteiger partial charge in [0.25, 0.3) is 5.56 Å². The van der Waals surface area contributed by atoms with Crippen LogP contribution in [0.5, 0.6) is 0 Å². The number of hydrogen-bond donors (Lipinski definition) is 1. The number of rotatable bonds is 3. The molecule has 0 amide bonds. The summed E-state index contributed by atoms with van der Waals surface area (Å²) in [6.45, 7) is 3.49. The van der Waals surface area contributed by atoms with Gasteiger partial charge in [-0.2, -0.15) is 0 Å². The summed E-state index contributed by atoms with van der Waals surface area (Å²) in [7, 11) is 0. The second-order valence-corrected chi connectivity index (χ2v) is 7.91. The lowest BCUT2D eigenvalue weighted by atomic mass is 9.82. The fraction of sp³-hybridized carbons (Fsp3) is 0.318. The smallest absolute Gasteiger partial charge is 0.251 e. The van der Waals surface area contributed by atoms with Gasteiger partial charge in [0.2, 0.25) is 5.56 Å². The molecule has 2 aliphatic heterocycles. The minimum Gasteiger partial charge on any atom is -0.329 e. The number of nitrogens with zero attached hydrogens (tertiary/aromatic N) is 3. The quantitative estimate of drug-likeness (QED) is 0.763. The summed E-state index contributed by atoms with van der Waals surface area (Å²) in [5, 5.41) is 0. The van der Waals surface area contributed by atoms with Crippen molar-refractivity contribution < 1.29 is 0 Å². The van der Waals surface area contributed by atoms with Gasteiger partial charge in [-0.05, 0) is 35.6 Å². The molecule has 2 atom stereocenters. The Morgan fingerprint density at radius 2 is 2.00 bits per heavy atom. The molecule has 142 valence electrons. The number of nitrogens with one attached hydrogen (secondary N) is 1. The van der Waals surface area contributed by atoms with Crippen LogP contribution >= 0.6 is 0 Å². The van der Waals surface area contributed by atoms with Crippen LogP contribution in [0, 0.1) is 5.92 Å². The van der Waals surface area contributed by atoms with Crippen LogP contribution in [0.15, 0.2) is 64.6 Å². The molecule has 0 unspecified atom stereocenters.